The highest BCUT2D eigenvalue weighted by molar-refractivity contribution is 7.99. The first kappa shape index (κ1) is 13.6. The van der Waals surface area contributed by atoms with Crippen LogP contribution in [0, 0.1) is 6.92 Å². The second-order valence-corrected chi connectivity index (χ2v) is 5.36. The fourth-order valence-corrected chi connectivity index (χ4v) is 2.60. The van der Waals surface area contributed by atoms with E-state index in [0.717, 1.165) is 13.0 Å². The van der Waals surface area contributed by atoms with Crippen LogP contribution in [0.25, 0.3) is 0 Å². The van der Waals surface area contributed by atoms with Crippen molar-refractivity contribution in [2.75, 3.05) is 18.1 Å². The van der Waals surface area contributed by atoms with Crippen LogP contribution in [-0.4, -0.2) is 24.1 Å². The Balaban J connectivity index is 2.56. The predicted molar refractivity (Wildman–Crippen MR) is 75.3 cm³/mol. The number of aryl methyl sites for hydroxylation is 1. The molecule has 0 amide bonds. The number of rotatable bonds is 7. The van der Waals surface area contributed by atoms with E-state index in [-0.39, 0.29) is 0 Å². The number of benzene rings is 1. The summed E-state index contributed by atoms with van der Waals surface area (Å²) >= 11 is 2.02. The van der Waals surface area contributed by atoms with E-state index >= 15 is 0 Å². The third kappa shape index (κ3) is 4.58. The molecule has 1 nitrogen and oxygen atoms in total. The minimum absolute atomic E-state index is 0.607. The fourth-order valence-electron chi connectivity index (χ4n) is 1.84. The monoisotopic (exact) mass is 237 g/mol. The summed E-state index contributed by atoms with van der Waals surface area (Å²) < 4.78 is 0. The fraction of sp³-hybridized carbons (Fsp3) is 0.571. The molecule has 0 aliphatic carbocycles. The second kappa shape index (κ2) is 7.75. The zero-order valence-corrected chi connectivity index (χ0v) is 11.4. The van der Waals surface area contributed by atoms with Gasteiger partial charge in [0.25, 0.3) is 0 Å². The topological polar surface area (TPSA) is 12.0 Å². The zero-order valence-electron chi connectivity index (χ0n) is 10.6. The van der Waals surface area contributed by atoms with Gasteiger partial charge in [-0.3, -0.25) is 0 Å². The highest BCUT2D eigenvalue weighted by Gasteiger charge is 2.09. The van der Waals surface area contributed by atoms with Gasteiger partial charge in [0.05, 0.1) is 0 Å². The third-order valence-corrected chi connectivity index (χ3v) is 3.79. The minimum Gasteiger partial charge on any atom is -0.313 e. The molecule has 0 radical (unpaired) electrons. The van der Waals surface area contributed by atoms with Gasteiger partial charge in [-0.05, 0) is 36.8 Å². The van der Waals surface area contributed by atoms with Crippen molar-refractivity contribution < 1.29 is 0 Å². The molecule has 0 aromatic heterocycles. The summed E-state index contributed by atoms with van der Waals surface area (Å²) in [5, 5.41) is 3.57. The Morgan fingerprint density at radius 2 is 2.00 bits per heavy atom. The van der Waals surface area contributed by atoms with Gasteiger partial charge in [0, 0.05) is 11.8 Å². The summed E-state index contributed by atoms with van der Waals surface area (Å²) in [6, 6.07) is 9.30. The first-order valence-electron chi connectivity index (χ1n) is 6.13. The molecule has 0 aliphatic rings. The van der Waals surface area contributed by atoms with Gasteiger partial charge in [-0.1, -0.05) is 38.1 Å². The highest BCUT2D eigenvalue weighted by Crippen LogP contribution is 2.12. The highest BCUT2D eigenvalue weighted by atomic mass is 32.2. The predicted octanol–water partition coefficient (Wildman–Crippen LogP) is 3.27. The van der Waals surface area contributed by atoms with Crippen LogP contribution in [0.5, 0.6) is 0 Å². The van der Waals surface area contributed by atoms with Gasteiger partial charge in [-0.15, -0.1) is 0 Å². The van der Waals surface area contributed by atoms with Gasteiger partial charge in [0.15, 0.2) is 0 Å². The van der Waals surface area contributed by atoms with Crippen molar-refractivity contribution in [2.24, 2.45) is 0 Å². The average molecular weight is 237 g/mol. The van der Waals surface area contributed by atoms with Gasteiger partial charge in [-0.25, -0.2) is 0 Å². The first-order valence-corrected chi connectivity index (χ1v) is 7.29. The van der Waals surface area contributed by atoms with E-state index in [4.69, 9.17) is 0 Å². The molecule has 1 aromatic carbocycles. The van der Waals surface area contributed by atoms with Crippen LogP contribution < -0.4 is 5.32 Å². The Morgan fingerprint density at radius 3 is 2.62 bits per heavy atom. The lowest BCUT2D eigenvalue weighted by Gasteiger charge is -2.18. The van der Waals surface area contributed by atoms with Gasteiger partial charge in [0.2, 0.25) is 0 Å². The molecule has 0 fully saturated rings. The summed E-state index contributed by atoms with van der Waals surface area (Å²) in [5.41, 5.74) is 2.89. The van der Waals surface area contributed by atoms with Crippen molar-refractivity contribution >= 4 is 11.8 Å². The molecule has 1 N–H and O–H groups in total. The van der Waals surface area contributed by atoms with E-state index < -0.39 is 0 Å². The Morgan fingerprint density at radius 1 is 1.25 bits per heavy atom. The SMILES string of the molecule is CCNC(CSCC)Cc1ccccc1C. The minimum atomic E-state index is 0.607. The number of hydrogen-bond donors (Lipinski definition) is 1. The van der Waals surface area contributed by atoms with Gasteiger partial charge < -0.3 is 5.32 Å². The largest absolute Gasteiger partial charge is 0.313 e. The van der Waals surface area contributed by atoms with Crippen molar-refractivity contribution in [1.29, 1.82) is 0 Å². The van der Waals surface area contributed by atoms with E-state index in [1.807, 2.05) is 11.8 Å². The van der Waals surface area contributed by atoms with Crippen LogP contribution in [0.2, 0.25) is 0 Å². The summed E-state index contributed by atoms with van der Waals surface area (Å²) in [6.45, 7) is 7.66. The molecule has 0 aliphatic heterocycles. The molecule has 16 heavy (non-hydrogen) atoms. The van der Waals surface area contributed by atoms with Crippen molar-refractivity contribution in [2.45, 2.75) is 33.2 Å². The molecule has 1 unspecified atom stereocenters. The summed E-state index contributed by atoms with van der Waals surface area (Å²) in [5.74, 6) is 2.41. The molecule has 0 spiro atoms. The lowest BCUT2D eigenvalue weighted by Crippen LogP contribution is -2.33. The molecular formula is C14H23NS. The maximum atomic E-state index is 3.57. The smallest absolute Gasteiger partial charge is 0.0198 e. The van der Waals surface area contributed by atoms with E-state index in [1.165, 1.54) is 22.6 Å². The van der Waals surface area contributed by atoms with Crippen LogP contribution in [0.3, 0.4) is 0 Å². The Hall–Kier alpha value is -0.470. The van der Waals surface area contributed by atoms with Crippen LogP contribution in [-0.2, 0) is 6.42 Å². The lowest BCUT2D eigenvalue weighted by atomic mass is 10.0. The van der Waals surface area contributed by atoms with E-state index in [9.17, 15) is 0 Å². The molecule has 2 heteroatoms. The van der Waals surface area contributed by atoms with Crippen molar-refractivity contribution in [1.82, 2.24) is 5.32 Å². The number of likely N-dealkylation sites (N-methyl/N-ethyl adjacent to an activating group) is 1. The summed E-state index contributed by atoms with van der Waals surface area (Å²) in [6.07, 6.45) is 1.15. The van der Waals surface area contributed by atoms with Crippen molar-refractivity contribution in [3.8, 4) is 0 Å². The molecular weight excluding hydrogens is 214 g/mol. The zero-order chi connectivity index (χ0) is 11.8. The molecule has 1 aromatic rings. The number of hydrogen-bond acceptors (Lipinski definition) is 2. The van der Waals surface area contributed by atoms with Crippen molar-refractivity contribution in [3.05, 3.63) is 35.4 Å². The second-order valence-electron chi connectivity index (χ2n) is 4.04. The maximum absolute atomic E-state index is 3.57. The molecule has 0 bridgehead atoms. The maximum Gasteiger partial charge on any atom is 0.0198 e. The van der Waals surface area contributed by atoms with Gasteiger partial charge >= 0.3 is 0 Å². The van der Waals surface area contributed by atoms with Crippen LogP contribution in [0.1, 0.15) is 25.0 Å². The van der Waals surface area contributed by atoms with Gasteiger partial charge in [-0.2, -0.15) is 11.8 Å². The first-order chi connectivity index (χ1) is 7.77. The normalized spacial score (nSPS) is 12.7. The molecule has 90 valence electrons. The van der Waals surface area contributed by atoms with Gasteiger partial charge in [0.1, 0.15) is 0 Å². The standard InChI is InChI=1S/C14H23NS/c1-4-15-14(11-16-5-2)10-13-9-7-6-8-12(13)3/h6-9,14-15H,4-5,10-11H2,1-3H3. The van der Waals surface area contributed by atoms with E-state index in [1.54, 1.807) is 0 Å². The molecule has 0 saturated heterocycles. The Kier molecular flexibility index (Phi) is 6.58. The Labute approximate surface area is 104 Å². The lowest BCUT2D eigenvalue weighted by molar-refractivity contribution is 0.571. The Bertz CT molecular complexity index is 299. The summed E-state index contributed by atoms with van der Waals surface area (Å²) in [4.78, 5) is 0. The molecule has 0 saturated carbocycles. The summed E-state index contributed by atoms with van der Waals surface area (Å²) in [7, 11) is 0. The molecule has 1 rings (SSSR count). The quantitative estimate of drug-likeness (QED) is 0.781. The number of nitrogens with one attached hydrogen (secondary N) is 1. The van der Waals surface area contributed by atoms with Crippen LogP contribution in [0.15, 0.2) is 24.3 Å². The third-order valence-electron chi connectivity index (χ3n) is 2.74. The van der Waals surface area contributed by atoms with Crippen LogP contribution in [0.4, 0.5) is 0 Å². The molecule has 0 heterocycles. The van der Waals surface area contributed by atoms with E-state index in [0.29, 0.717) is 6.04 Å². The van der Waals surface area contributed by atoms with Crippen LogP contribution >= 0.6 is 11.8 Å². The van der Waals surface area contributed by atoms with Crippen molar-refractivity contribution in [3.63, 3.8) is 0 Å². The average Bonchev–Trinajstić information content (AvgIpc) is 2.29. The number of thioether (sulfide) groups is 1. The molecule has 1 atom stereocenters. The van der Waals surface area contributed by atoms with E-state index in [2.05, 4.69) is 50.4 Å².